The molecule has 0 atom stereocenters. The summed E-state index contributed by atoms with van der Waals surface area (Å²) in [6.45, 7) is 2.42. The summed E-state index contributed by atoms with van der Waals surface area (Å²) in [6, 6.07) is 4.99. The van der Waals surface area contributed by atoms with E-state index in [1.165, 1.54) is 4.90 Å². The predicted octanol–water partition coefficient (Wildman–Crippen LogP) is 3.04. The van der Waals surface area contributed by atoms with Crippen LogP contribution in [0, 0.1) is 0 Å². The van der Waals surface area contributed by atoms with Crippen LogP contribution in [-0.2, 0) is 4.79 Å². The highest BCUT2D eigenvalue weighted by Gasteiger charge is 2.17. The van der Waals surface area contributed by atoms with E-state index in [-0.39, 0.29) is 18.9 Å². The first-order valence-corrected chi connectivity index (χ1v) is 6.59. The van der Waals surface area contributed by atoms with Gasteiger partial charge in [-0.25, -0.2) is 0 Å². The van der Waals surface area contributed by atoms with Crippen molar-refractivity contribution in [1.82, 2.24) is 4.90 Å². The van der Waals surface area contributed by atoms with Crippen molar-refractivity contribution in [3.63, 3.8) is 0 Å². The van der Waals surface area contributed by atoms with Crippen molar-refractivity contribution in [2.45, 2.75) is 13.3 Å². The third-order valence-corrected chi connectivity index (χ3v) is 3.23. The van der Waals surface area contributed by atoms with Gasteiger partial charge in [0.15, 0.2) is 0 Å². The highest BCUT2D eigenvalue weighted by atomic mass is 79.9. The Morgan fingerprint density at radius 1 is 1.44 bits per heavy atom. The SMILES string of the molecule is CCN(CCC(=O)O)C(=O)c1ccc(Br)cc1Cl. The summed E-state index contributed by atoms with van der Waals surface area (Å²) in [4.78, 5) is 24.1. The smallest absolute Gasteiger partial charge is 0.305 e. The lowest BCUT2D eigenvalue weighted by atomic mass is 10.2. The van der Waals surface area contributed by atoms with E-state index in [1.807, 2.05) is 0 Å². The summed E-state index contributed by atoms with van der Waals surface area (Å²) in [7, 11) is 0. The zero-order chi connectivity index (χ0) is 13.7. The van der Waals surface area contributed by atoms with E-state index < -0.39 is 5.97 Å². The van der Waals surface area contributed by atoms with Gasteiger partial charge in [-0.3, -0.25) is 9.59 Å². The van der Waals surface area contributed by atoms with Gasteiger partial charge in [0.2, 0.25) is 0 Å². The van der Waals surface area contributed by atoms with E-state index in [4.69, 9.17) is 16.7 Å². The van der Waals surface area contributed by atoms with Crippen molar-refractivity contribution in [1.29, 1.82) is 0 Å². The maximum absolute atomic E-state index is 12.2. The normalized spacial score (nSPS) is 10.2. The van der Waals surface area contributed by atoms with E-state index >= 15 is 0 Å². The van der Waals surface area contributed by atoms with E-state index in [0.29, 0.717) is 17.1 Å². The molecule has 1 aromatic carbocycles. The lowest BCUT2D eigenvalue weighted by molar-refractivity contribution is -0.137. The Morgan fingerprint density at radius 3 is 2.61 bits per heavy atom. The summed E-state index contributed by atoms with van der Waals surface area (Å²) in [6.07, 6.45) is -0.0757. The fraction of sp³-hybridized carbons (Fsp3) is 0.333. The van der Waals surface area contributed by atoms with Gasteiger partial charge in [-0.2, -0.15) is 0 Å². The fourth-order valence-corrected chi connectivity index (χ4v) is 2.22. The van der Waals surface area contributed by atoms with Crippen LogP contribution in [0.1, 0.15) is 23.7 Å². The van der Waals surface area contributed by atoms with Crippen LogP contribution in [0.5, 0.6) is 0 Å². The lowest BCUT2D eigenvalue weighted by Crippen LogP contribution is -2.33. The van der Waals surface area contributed by atoms with E-state index in [2.05, 4.69) is 15.9 Å². The molecule has 0 bridgehead atoms. The number of amides is 1. The number of hydrogen-bond acceptors (Lipinski definition) is 2. The molecule has 0 aliphatic heterocycles. The van der Waals surface area contributed by atoms with Gasteiger partial charge in [-0.15, -0.1) is 0 Å². The first-order valence-electron chi connectivity index (χ1n) is 5.41. The number of carboxylic acid groups (broad SMARTS) is 1. The van der Waals surface area contributed by atoms with Crippen molar-refractivity contribution in [2.75, 3.05) is 13.1 Å². The van der Waals surface area contributed by atoms with Crippen LogP contribution >= 0.6 is 27.5 Å². The van der Waals surface area contributed by atoms with Crippen molar-refractivity contribution in [2.24, 2.45) is 0 Å². The van der Waals surface area contributed by atoms with Gasteiger partial charge in [0.05, 0.1) is 17.0 Å². The third-order valence-electron chi connectivity index (χ3n) is 2.43. The predicted molar refractivity (Wildman–Crippen MR) is 73.0 cm³/mol. The highest BCUT2D eigenvalue weighted by Crippen LogP contribution is 2.22. The van der Waals surface area contributed by atoms with Gasteiger partial charge in [-0.1, -0.05) is 27.5 Å². The molecule has 1 rings (SSSR count). The van der Waals surface area contributed by atoms with Gasteiger partial charge in [0.25, 0.3) is 5.91 Å². The van der Waals surface area contributed by atoms with E-state index in [1.54, 1.807) is 25.1 Å². The number of halogens is 2. The van der Waals surface area contributed by atoms with E-state index in [9.17, 15) is 9.59 Å². The molecular formula is C12H13BrClNO3. The van der Waals surface area contributed by atoms with Gasteiger partial charge in [-0.05, 0) is 25.1 Å². The molecule has 0 unspecified atom stereocenters. The maximum atomic E-state index is 12.2. The monoisotopic (exact) mass is 333 g/mol. The molecule has 0 fully saturated rings. The third kappa shape index (κ3) is 3.99. The minimum Gasteiger partial charge on any atom is -0.481 e. The first-order chi connectivity index (χ1) is 8.45. The Balaban J connectivity index is 2.86. The number of rotatable bonds is 5. The average molecular weight is 335 g/mol. The summed E-state index contributed by atoms with van der Waals surface area (Å²) >= 11 is 9.26. The molecule has 0 saturated carbocycles. The second-order valence-corrected chi connectivity index (χ2v) is 4.98. The van der Waals surface area contributed by atoms with Crippen LogP contribution in [0.2, 0.25) is 5.02 Å². The van der Waals surface area contributed by atoms with E-state index in [0.717, 1.165) is 4.47 Å². The van der Waals surface area contributed by atoms with Crippen molar-refractivity contribution >= 4 is 39.4 Å². The van der Waals surface area contributed by atoms with Crippen LogP contribution in [0.25, 0.3) is 0 Å². The summed E-state index contributed by atoms with van der Waals surface area (Å²) in [5, 5.41) is 8.98. The molecule has 0 saturated heterocycles. The molecule has 0 spiro atoms. The molecule has 1 N–H and O–H groups in total. The Bertz CT molecular complexity index is 465. The Kier molecular flexibility index (Phi) is 5.62. The van der Waals surface area contributed by atoms with Crippen molar-refractivity contribution in [3.8, 4) is 0 Å². The zero-order valence-corrected chi connectivity index (χ0v) is 12.2. The molecule has 0 aliphatic carbocycles. The number of benzene rings is 1. The van der Waals surface area contributed by atoms with Crippen LogP contribution in [0.4, 0.5) is 0 Å². The second kappa shape index (κ2) is 6.75. The molecular weight excluding hydrogens is 321 g/mol. The lowest BCUT2D eigenvalue weighted by Gasteiger charge is -2.20. The standard InChI is InChI=1S/C12H13BrClNO3/c1-2-15(6-5-11(16)17)12(18)9-4-3-8(13)7-10(9)14/h3-4,7H,2,5-6H2,1H3,(H,16,17). The Hall–Kier alpha value is -1.07. The molecule has 1 amide bonds. The van der Waals surface area contributed by atoms with Crippen LogP contribution in [0.15, 0.2) is 22.7 Å². The molecule has 98 valence electrons. The van der Waals surface area contributed by atoms with Crippen LogP contribution < -0.4 is 0 Å². The quantitative estimate of drug-likeness (QED) is 0.900. The molecule has 18 heavy (non-hydrogen) atoms. The summed E-state index contributed by atoms with van der Waals surface area (Å²) < 4.78 is 0.789. The van der Waals surface area contributed by atoms with Gasteiger partial charge in [0.1, 0.15) is 0 Å². The molecule has 4 nitrogen and oxygen atoms in total. The van der Waals surface area contributed by atoms with Crippen LogP contribution in [0.3, 0.4) is 0 Å². The zero-order valence-electron chi connectivity index (χ0n) is 9.82. The largest absolute Gasteiger partial charge is 0.481 e. The Morgan fingerprint density at radius 2 is 2.11 bits per heavy atom. The molecule has 0 aliphatic rings. The average Bonchev–Trinajstić information content (AvgIpc) is 2.29. The Labute approximate surface area is 119 Å². The molecule has 6 heteroatoms. The summed E-state index contributed by atoms with van der Waals surface area (Å²) in [5.41, 5.74) is 0.382. The minimum atomic E-state index is -0.928. The van der Waals surface area contributed by atoms with Crippen LogP contribution in [-0.4, -0.2) is 35.0 Å². The minimum absolute atomic E-state index is 0.0757. The number of carbonyl (C=O) groups is 2. The highest BCUT2D eigenvalue weighted by molar-refractivity contribution is 9.10. The topological polar surface area (TPSA) is 57.6 Å². The van der Waals surface area contributed by atoms with Gasteiger partial charge >= 0.3 is 5.97 Å². The molecule has 0 heterocycles. The number of aliphatic carboxylic acids is 1. The summed E-state index contributed by atoms with van der Waals surface area (Å²) in [5.74, 6) is -1.18. The number of nitrogens with zero attached hydrogens (tertiary/aromatic N) is 1. The second-order valence-electron chi connectivity index (χ2n) is 3.65. The first kappa shape index (κ1) is 15.0. The molecule has 1 aromatic rings. The maximum Gasteiger partial charge on any atom is 0.305 e. The van der Waals surface area contributed by atoms with Gasteiger partial charge < -0.3 is 10.0 Å². The number of carboxylic acids is 1. The number of carbonyl (C=O) groups excluding carboxylic acids is 1. The number of hydrogen-bond donors (Lipinski definition) is 1. The van der Waals surface area contributed by atoms with Crippen molar-refractivity contribution < 1.29 is 14.7 Å². The molecule has 0 aromatic heterocycles. The van der Waals surface area contributed by atoms with Gasteiger partial charge in [0, 0.05) is 17.6 Å². The molecule has 0 radical (unpaired) electrons. The van der Waals surface area contributed by atoms with Crippen molar-refractivity contribution in [3.05, 3.63) is 33.3 Å². The fourth-order valence-electron chi connectivity index (χ4n) is 1.47.